The summed E-state index contributed by atoms with van der Waals surface area (Å²) >= 11 is 5.91. The lowest BCUT2D eigenvalue weighted by Crippen LogP contribution is -2.13. The molecule has 0 fully saturated rings. The lowest BCUT2D eigenvalue weighted by atomic mass is 10.1. The van der Waals surface area contributed by atoms with Gasteiger partial charge in [0.2, 0.25) is 0 Å². The molecule has 0 bridgehead atoms. The smallest absolute Gasteiger partial charge is 0.259 e. The molecule has 1 N–H and O–H groups in total. The average Bonchev–Trinajstić information content (AvgIpc) is 2.41. The lowest BCUT2D eigenvalue weighted by Gasteiger charge is -2.10. The normalized spacial score (nSPS) is 10.1. The molecule has 2 aromatic rings. The number of ether oxygens (including phenoxy) is 1. The maximum absolute atomic E-state index is 12.2. The SMILES string of the molecule is COc1ccc(Cl)cc1C(=O)Nc1ccc(C)cc1. The predicted octanol–water partition coefficient (Wildman–Crippen LogP) is 3.91. The standard InChI is InChI=1S/C15H14ClNO2/c1-10-3-6-12(7-4-10)17-15(18)13-9-11(16)5-8-14(13)19-2/h3-9H,1-2H3,(H,17,18). The molecule has 4 heteroatoms. The van der Waals surface area contributed by atoms with E-state index in [4.69, 9.17) is 16.3 Å². The van der Waals surface area contributed by atoms with E-state index in [0.29, 0.717) is 16.3 Å². The number of hydrogen-bond acceptors (Lipinski definition) is 2. The van der Waals surface area contributed by atoms with Crippen molar-refractivity contribution in [3.8, 4) is 5.75 Å². The third-order valence-electron chi connectivity index (χ3n) is 2.72. The molecule has 0 aliphatic rings. The molecular weight excluding hydrogens is 262 g/mol. The highest BCUT2D eigenvalue weighted by Gasteiger charge is 2.13. The van der Waals surface area contributed by atoms with Crippen molar-refractivity contribution < 1.29 is 9.53 Å². The number of hydrogen-bond donors (Lipinski definition) is 1. The van der Waals surface area contributed by atoms with Crippen molar-refractivity contribution in [1.29, 1.82) is 0 Å². The summed E-state index contributed by atoms with van der Waals surface area (Å²) in [4.78, 5) is 12.2. The summed E-state index contributed by atoms with van der Waals surface area (Å²) in [6.07, 6.45) is 0. The van der Waals surface area contributed by atoms with Crippen LogP contribution in [-0.2, 0) is 0 Å². The zero-order chi connectivity index (χ0) is 13.8. The highest BCUT2D eigenvalue weighted by molar-refractivity contribution is 6.31. The zero-order valence-corrected chi connectivity index (χ0v) is 11.5. The maximum atomic E-state index is 12.2. The average molecular weight is 276 g/mol. The fourth-order valence-corrected chi connectivity index (χ4v) is 1.87. The van der Waals surface area contributed by atoms with E-state index in [2.05, 4.69) is 5.32 Å². The Morgan fingerprint density at radius 2 is 1.84 bits per heavy atom. The number of methoxy groups -OCH3 is 1. The van der Waals surface area contributed by atoms with Gasteiger partial charge in [-0.3, -0.25) is 4.79 Å². The van der Waals surface area contributed by atoms with Crippen molar-refractivity contribution in [1.82, 2.24) is 0 Å². The van der Waals surface area contributed by atoms with Gasteiger partial charge in [0.1, 0.15) is 5.75 Å². The number of halogens is 1. The van der Waals surface area contributed by atoms with Crippen LogP contribution in [0.5, 0.6) is 5.75 Å². The van der Waals surface area contributed by atoms with Gasteiger partial charge in [-0.15, -0.1) is 0 Å². The van der Waals surface area contributed by atoms with Crippen molar-refractivity contribution in [2.45, 2.75) is 6.92 Å². The summed E-state index contributed by atoms with van der Waals surface area (Å²) in [7, 11) is 1.52. The zero-order valence-electron chi connectivity index (χ0n) is 10.7. The molecule has 0 radical (unpaired) electrons. The Labute approximate surface area is 117 Å². The van der Waals surface area contributed by atoms with Gasteiger partial charge in [0, 0.05) is 10.7 Å². The number of carbonyl (C=O) groups excluding carboxylic acids is 1. The molecule has 0 aliphatic heterocycles. The van der Waals surface area contributed by atoms with E-state index in [1.807, 2.05) is 31.2 Å². The van der Waals surface area contributed by atoms with Gasteiger partial charge in [-0.05, 0) is 37.3 Å². The quantitative estimate of drug-likeness (QED) is 0.922. The first-order valence-corrected chi connectivity index (χ1v) is 6.19. The number of anilines is 1. The molecule has 0 saturated heterocycles. The van der Waals surface area contributed by atoms with Gasteiger partial charge in [-0.2, -0.15) is 0 Å². The summed E-state index contributed by atoms with van der Waals surface area (Å²) in [5.41, 5.74) is 2.28. The van der Waals surface area contributed by atoms with Crippen LogP contribution in [0, 0.1) is 6.92 Å². The van der Waals surface area contributed by atoms with Crippen LogP contribution < -0.4 is 10.1 Å². The van der Waals surface area contributed by atoms with Crippen LogP contribution in [0.1, 0.15) is 15.9 Å². The largest absolute Gasteiger partial charge is 0.496 e. The molecule has 2 aromatic carbocycles. The fraction of sp³-hybridized carbons (Fsp3) is 0.133. The van der Waals surface area contributed by atoms with Crippen molar-refractivity contribution in [3.05, 3.63) is 58.6 Å². The van der Waals surface area contributed by atoms with Crippen LogP contribution >= 0.6 is 11.6 Å². The first-order chi connectivity index (χ1) is 9.10. The van der Waals surface area contributed by atoms with Crippen molar-refractivity contribution in [2.75, 3.05) is 12.4 Å². The Hall–Kier alpha value is -2.00. The highest BCUT2D eigenvalue weighted by Crippen LogP contribution is 2.23. The van der Waals surface area contributed by atoms with Crippen LogP contribution in [0.2, 0.25) is 5.02 Å². The number of nitrogens with one attached hydrogen (secondary N) is 1. The molecule has 1 amide bonds. The van der Waals surface area contributed by atoms with Gasteiger partial charge in [0.25, 0.3) is 5.91 Å². The summed E-state index contributed by atoms with van der Waals surface area (Å²) in [6, 6.07) is 12.5. The van der Waals surface area contributed by atoms with E-state index in [1.54, 1.807) is 18.2 Å². The van der Waals surface area contributed by atoms with Crippen molar-refractivity contribution in [2.24, 2.45) is 0 Å². The summed E-state index contributed by atoms with van der Waals surface area (Å²) in [5.74, 6) is 0.247. The van der Waals surface area contributed by atoms with Gasteiger partial charge in [0.05, 0.1) is 12.7 Å². The second kappa shape index (κ2) is 5.76. The molecule has 0 unspecified atom stereocenters. The van der Waals surface area contributed by atoms with Gasteiger partial charge in [-0.25, -0.2) is 0 Å². The summed E-state index contributed by atoms with van der Waals surface area (Å²) < 4.78 is 5.16. The number of carbonyl (C=O) groups is 1. The summed E-state index contributed by atoms with van der Waals surface area (Å²) in [6.45, 7) is 1.99. The second-order valence-corrected chi connectivity index (χ2v) is 4.60. The predicted molar refractivity (Wildman–Crippen MR) is 77.1 cm³/mol. The number of amides is 1. The third kappa shape index (κ3) is 3.26. The molecule has 0 aliphatic carbocycles. The molecule has 19 heavy (non-hydrogen) atoms. The first kappa shape index (κ1) is 13.4. The van der Waals surface area contributed by atoms with Crippen molar-refractivity contribution in [3.63, 3.8) is 0 Å². The molecule has 0 atom stereocenters. The van der Waals surface area contributed by atoms with E-state index in [0.717, 1.165) is 11.3 Å². The monoisotopic (exact) mass is 275 g/mol. The fourth-order valence-electron chi connectivity index (χ4n) is 1.69. The topological polar surface area (TPSA) is 38.3 Å². The van der Waals surface area contributed by atoms with Gasteiger partial charge >= 0.3 is 0 Å². The second-order valence-electron chi connectivity index (χ2n) is 4.16. The van der Waals surface area contributed by atoms with Crippen LogP contribution in [0.25, 0.3) is 0 Å². The van der Waals surface area contributed by atoms with Gasteiger partial charge < -0.3 is 10.1 Å². The van der Waals surface area contributed by atoms with E-state index in [9.17, 15) is 4.79 Å². The minimum Gasteiger partial charge on any atom is -0.496 e. The number of aryl methyl sites for hydroxylation is 1. The van der Waals surface area contributed by atoms with E-state index < -0.39 is 0 Å². The number of rotatable bonds is 3. The van der Waals surface area contributed by atoms with E-state index in [-0.39, 0.29) is 5.91 Å². The first-order valence-electron chi connectivity index (χ1n) is 5.81. The Morgan fingerprint density at radius 3 is 2.47 bits per heavy atom. The number of benzene rings is 2. The Morgan fingerprint density at radius 1 is 1.16 bits per heavy atom. The Balaban J connectivity index is 2.24. The molecule has 0 saturated carbocycles. The lowest BCUT2D eigenvalue weighted by molar-refractivity contribution is 0.102. The van der Waals surface area contributed by atoms with E-state index in [1.165, 1.54) is 7.11 Å². The molecular formula is C15H14ClNO2. The summed E-state index contributed by atoms with van der Waals surface area (Å²) in [5, 5.41) is 3.31. The Kier molecular flexibility index (Phi) is 4.07. The Bertz CT molecular complexity index is 594. The maximum Gasteiger partial charge on any atom is 0.259 e. The molecule has 0 heterocycles. The van der Waals surface area contributed by atoms with Crippen LogP contribution in [0.15, 0.2) is 42.5 Å². The minimum atomic E-state index is -0.247. The molecule has 2 rings (SSSR count). The molecule has 98 valence electrons. The van der Waals surface area contributed by atoms with Crippen LogP contribution in [0.3, 0.4) is 0 Å². The van der Waals surface area contributed by atoms with Crippen LogP contribution in [0.4, 0.5) is 5.69 Å². The van der Waals surface area contributed by atoms with Crippen molar-refractivity contribution >= 4 is 23.2 Å². The van der Waals surface area contributed by atoms with Gasteiger partial charge in [0.15, 0.2) is 0 Å². The molecule has 3 nitrogen and oxygen atoms in total. The van der Waals surface area contributed by atoms with E-state index >= 15 is 0 Å². The van der Waals surface area contributed by atoms with Gasteiger partial charge in [-0.1, -0.05) is 29.3 Å². The van der Waals surface area contributed by atoms with Crippen LogP contribution in [-0.4, -0.2) is 13.0 Å². The molecule has 0 spiro atoms. The third-order valence-corrected chi connectivity index (χ3v) is 2.95. The minimum absolute atomic E-state index is 0.247. The molecule has 0 aromatic heterocycles. The highest BCUT2D eigenvalue weighted by atomic mass is 35.5.